The third-order valence-electron chi connectivity index (χ3n) is 7.00. The molecule has 0 amide bonds. The first-order valence-electron chi connectivity index (χ1n) is 11.8. The molecule has 0 unspecified atom stereocenters. The molecule has 0 saturated heterocycles. The predicted octanol–water partition coefficient (Wildman–Crippen LogP) is 9.56. The van der Waals surface area contributed by atoms with E-state index in [4.69, 9.17) is 4.42 Å². The summed E-state index contributed by atoms with van der Waals surface area (Å²) in [5, 5.41) is 4.88. The van der Waals surface area contributed by atoms with E-state index in [9.17, 15) is 0 Å². The predicted molar refractivity (Wildman–Crippen MR) is 149 cm³/mol. The average Bonchev–Trinajstić information content (AvgIpc) is 3.57. The molecule has 0 atom stereocenters. The molecule has 0 radical (unpaired) electrons. The van der Waals surface area contributed by atoms with Gasteiger partial charge in [0, 0.05) is 42.2 Å². The smallest absolute Gasteiger partial charge is 0.161 e. The van der Waals surface area contributed by atoms with Crippen molar-refractivity contribution in [1.82, 2.24) is 4.57 Å². The van der Waals surface area contributed by atoms with Crippen molar-refractivity contribution in [2.24, 2.45) is 0 Å². The van der Waals surface area contributed by atoms with Crippen molar-refractivity contribution in [3.8, 4) is 16.8 Å². The molecule has 0 aliphatic rings. The quantitative estimate of drug-likeness (QED) is 0.248. The summed E-state index contributed by atoms with van der Waals surface area (Å²) < 4.78 is 11.7. The maximum absolute atomic E-state index is 6.72. The van der Waals surface area contributed by atoms with Gasteiger partial charge in [-0.15, -0.1) is 11.3 Å². The number of benzene rings is 5. The van der Waals surface area contributed by atoms with Crippen molar-refractivity contribution in [2.45, 2.75) is 0 Å². The molecule has 2 nitrogen and oxygen atoms in total. The van der Waals surface area contributed by atoms with Gasteiger partial charge in [-0.1, -0.05) is 66.7 Å². The molecule has 3 aromatic heterocycles. The van der Waals surface area contributed by atoms with Crippen LogP contribution in [0.5, 0.6) is 0 Å². The van der Waals surface area contributed by atoms with Gasteiger partial charge in [-0.3, -0.25) is 0 Å². The Morgan fingerprint density at radius 1 is 0.543 bits per heavy atom. The number of hydrogen-bond acceptors (Lipinski definition) is 2. The van der Waals surface area contributed by atoms with Crippen LogP contribution >= 0.6 is 11.3 Å². The van der Waals surface area contributed by atoms with Crippen molar-refractivity contribution in [1.29, 1.82) is 0 Å². The lowest BCUT2D eigenvalue weighted by Gasteiger charge is -2.08. The number of hydrogen-bond donors (Lipinski definition) is 0. The lowest BCUT2D eigenvalue weighted by molar-refractivity contribution is 0.674. The largest absolute Gasteiger partial charge is 0.453 e. The third-order valence-corrected chi connectivity index (χ3v) is 8.16. The summed E-state index contributed by atoms with van der Waals surface area (Å²) in [5.74, 6) is 0. The Morgan fingerprint density at radius 3 is 2.20 bits per heavy atom. The number of aromatic nitrogens is 1. The molecule has 0 saturated carbocycles. The van der Waals surface area contributed by atoms with Crippen LogP contribution in [-0.4, -0.2) is 4.57 Å². The second-order valence-corrected chi connectivity index (χ2v) is 10.0. The number of para-hydroxylation sites is 3. The molecule has 164 valence electrons. The van der Waals surface area contributed by atoms with Crippen LogP contribution in [0, 0.1) is 0 Å². The summed E-state index contributed by atoms with van der Waals surface area (Å²) in [5.41, 5.74) is 7.60. The fourth-order valence-corrected chi connectivity index (χ4v) is 6.54. The van der Waals surface area contributed by atoms with Crippen molar-refractivity contribution >= 4 is 64.5 Å². The molecule has 3 heterocycles. The van der Waals surface area contributed by atoms with Crippen molar-refractivity contribution in [3.63, 3.8) is 0 Å². The Balaban J connectivity index is 1.46. The molecular formula is C32H19NOS. The van der Waals surface area contributed by atoms with E-state index in [1.165, 1.54) is 25.7 Å². The number of fused-ring (bicyclic) bond motifs is 8. The summed E-state index contributed by atoms with van der Waals surface area (Å²) in [4.78, 5) is 0. The monoisotopic (exact) mass is 465 g/mol. The van der Waals surface area contributed by atoms with Crippen LogP contribution in [-0.2, 0) is 0 Å². The Hall–Kier alpha value is -4.34. The van der Waals surface area contributed by atoms with Gasteiger partial charge in [-0.25, -0.2) is 0 Å². The van der Waals surface area contributed by atoms with Gasteiger partial charge in [-0.05, 0) is 54.1 Å². The zero-order valence-electron chi connectivity index (χ0n) is 18.7. The number of thiophene rings is 1. The minimum absolute atomic E-state index is 0.937. The second-order valence-electron chi connectivity index (χ2n) is 8.96. The van der Waals surface area contributed by atoms with Crippen molar-refractivity contribution < 1.29 is 4.42 Å². The average molecular weight is 466 g/mol. The van der Waals surface area contributed by atoms with Crippen LogP contribution in [0.4, 0.5) is 0 Å². The molecule has 35 heavy (non-hydrogen) atoms. The molecule has 3 heteroatoms. The second kappa shape index (κ2) is 7.08. The van der Waals surface area contributed by atoms with Gasteiger partial charge in [0.15, 0.2) is 5.58 Å². The van der Waals surface area contributed by atoms with E-state index < -0.39 is 0 Å². The maximum Gasteiger partial charge on any atom is 0.161 e. The minimum atomic E-state index is 0.937. The van der Waals surface area contributed by atoms with E-state index in [-0.39, 0.29) is 0 Å². The van der Waals surface area contributed by atoms with Crippen LogP contribution < -0.4 is 0 Å². The van der Waals surface area contributed by atoms with E-state index in [2.05, 4.69) is 120 Å². The molecule has 8 rings (SSSR count). The highest BCUT2D eigenvalue weighted by Crippen LogP contribution is 2.43. The van der Waals surface area contributed by atoms with Crippen LogP contribution in [0.2, 0.25) is 0 Å². The van der Waals surface area contributed by atoms with Crippen molar-refractivity contribution in [3.05, 3.63) is 115 Å². The fraction of sp³-hybridized carbons (Fsp3) is 0. The van der Waals surface area contributed by atoms with Gasteiger partial charge in [0.2, 0.25) is 0 Å². The molecule has 5 aromatic carbocycles. The molecule has 0 aliphatic heterocycles. The minimum Gasteiger partial charge on any atom is -0.453 e. The van der Waals surface area contributed by atoms with Crippen LogP contribution in [0.1, 0.15) is 0 Å². The Morgan fingerprint density at radius 2 is 1.29 bits per heavy atom. The standard InChI is InChI=1S/C32H19NOS/c1-2-9-21(10-3-1)33-27-15-6-4-12-24(27)32-30(33)25-14-8-13-22(31(25)34-32)20-17-18-29-26(19-20)23-11-5-7-16-28(23)35-29/h1-19H. The molecular weight excluding hydrogens is 446 g/mol. The number of nitrogens with zero attached hydrogens (tertiary/aromatic N) is 1. The van der Waals surface area contributed by atoms with Crippen molar-refractivity contribution in [2.75, 3.05) is 0 Å². The molecule has 0 bridgehead atoms. The van der Waals surface area contributed by atoms with E-state index in [0.29, 0.717) is 0 Å². The normalized spacial score (nSPS) is 12.0. The SMILES string of the molecule is c1ccc(-n2c3ccccc3c3oc4c(-c5ccc6sc7ccccc7c6c5)cccc4c32)cc1. The number of furan rings is 1. The first-order chi connectivity index (χ1) is 17.4. The zero-order chi connectivity index (χ0) is 22.9. The van der Waals surface area contributed by atoms with E-state index in [1.807, 2.05) is 11.3 Å². The highest BCUT2D eigenvalue weighted by atomic mass is 32.1. The maximum atomic E-state index is 6.72. The first-order valence-corrected chi connectivity index (χ1v) is 12.6. The van der Waals surface area contributed by atoms with Gasteiger partial charge >= 0.3 is 0 Å². The zero-order valence-corrected chi connectivity index (χ0v) is 19.5. The summed E-state index contributed by atoms with van der Waals surface area (Å²) >= 11 is 1.85. The molecule has 0 N–H and O–H groups in total. The molecule has 8 aromatic rings. The summed E-state index contributed by atoms with van der Waals surface area (Å²) in [6.07, 6.45) is 0. The Labute approximate surface area is 205 Å². The van der Waals surface area contributed by atoms with E-state index >= 15 is 0 Å². The van der Waals surface area contributed by atoms with Gasteiger partial charge in [-0.2, -0.15) is 0 Å². The molecule has 0 spiro atoms. The van der Waals surface area contributed by atoms with E-state index in [1.54, 1.807) is 0 Å². The first kappa shape index (κ1) is 19.0. The molecule has 0 aliphatic carbocycles. The lowest BCUT2D eigenvalue weighted by Crippen LogP contribution is -1.92. The lowest BCUT2D eigenvalue weighted by atomic mass is 10.0. The van der Waals surface area contributed by atoms with Gasteiger partial charge in [0.1, 0.15) is 11.1 Å². The highest BCUT2D eigenvalue weighted by molar-refractivity contribution is 7.25. The van der Waals surface area contributed by atoms with Gasteiger partial charge < -0.3 is 8.98 Å². The van der Waals surface area contributed by atoms with Crippen LogP contribution in [0.25, 0.3) is 70.0 Å². The van der Waals surface area contributed by atoms with Gasteiger partial charge in [0.05, 0.1) is 5.52 Å². The molecule has 0 fully saturated rings. The van der Waals surface area contributed by atoms with Crippen LogP contribution in [0.15, 0.2) is 120 Å². The number of rotatable bonds is 2. The highest BCUT2D eigenvalue weighted by Gasteiger charge is 2.21. The third kappa shape index (κ3) is 2.64. The van der Waals surface area contributed by atoms with Crippen LogP contribution in [0.3, 0.4) is 0 Å². The summed E-state index contributed by atoms with van der Waals surface area (Å²) in [6.45, 7) is 0. The van der Waals surface area contributed by atoms with Gasteiger partial charge in [0.25, 0.3) is 0 Å². The summed E-state index contributed by atoms with van der Waals surface area (Å²) in [7, 11) is 0. The summed E-state index contributed by atoms with van der Waals surface area (Å²) in [6, 6.07) is 41.0. The van der Waals surface area contributed by atoms with E-state index in [0.717, 1.165) is 44.2 Å². The topological polar surface area (TPSA) is 18.1 Å². The Kier molecular flexibility index (Phi) is 3.85. The Bertz CT molecular complexity index is 2060. The fourth-order valence-electron chi connectivity index (χ4n) is 5.46.